The SMILES string of the molecule is O=C(CCCc1ccccn1)Nc1nc2ccccc2n1CCc1ccccn1. The zero-order chi connectivity index (χ0) is 19.9. The molecule has 6 nitrogen and oxygen atoms in total. The molecule has 0 spiro atoms. The number of amides is 1. The van der Waals surface area contributed by atoms with Crippen molar-refractivity contribution in [3.05, 3.63) is 84.4 Å². The summed E-state index contributed by atoms with van der Waals surface area (Å²) >= 11 is 0. The van der Waals surface area contributed by atoms with Crippen LogP contribution in [0.4, 0.5) is 5.95 Å². The van der Waals surface area contributed by atoms with E-state index in [1.807, 2.05) is 60.7 Å². The lowest BCUT2D eigenvalue weighted by molar-refractivity contribution is -0.116. The van der Waals surface area contributed by atoms with E-state index < -0.39 is 0 Å². The van der Waals surface area contributed by atoms with Gasteiger partial charge in [0.2, 0.25) is 11.9 Å². The largest absolute Gasteiger partial charge is 0.310 e. The number of aromatic nitrogens is 4. The number of pyridine rings is 2. The van der Waals surface area contributed by atoms with Gasteiger partial charge in [-0.05, 0) is 49.2 Å². The smallest absolute Gasteiger partial charge is 0.226 e. The Hall–Kier alpha value is -3.54. The molecule has 0 aliphatic rings. The maximum Gasteiger partial charge on any atom is 0.226 e. The minimum absolute atomic E-state index is 0.0321. The van der Waals surface area contributed by atoms with E-state index in [-0.39, 0.29) is 5.91 Å². The molecule has 0 radical (unpaired) electrons. The highest BCUT2D eigenvalue weighted by Gasteiger charge is 2.13. The normalized spacial score (nSPS) is 10.9. The van der Waals surface area contributed by atoms with Crippen molar-refractivity contribution in [2.45, 2.75) is 32.2 Å². The summed E-state index contributed by atoms with van der Waals surface area (Å²) in [6, 6.07) is 19.7. The quantitative estimate of drug-likeness (QED) is 0.497. The van der Waals surface area contributed by atoms with E-state index in [0.717, 1.165) is 41.7 Å². The van der Waals surface area contributed by atoms with E-state index in [4.69, 9.17) is 0 Å². The van der Waals surface area contributed by atoms with Gasteiger partial charge in [0.15, 0.2) is 0 Å². The first-order valence-corrected chi connectivity index (χ1v) is 9.84. The zero-order valence-electron chi connectivity index (χ0n) is 16.2. The van der Waals surface area contributed by atoms with Crippen LogP contribution in [0.5, 0.6) is 0 Å². The molecule has 0 fully saturated rings. The lowest BCUT2D eigenvalue weighted by Gasteiger charge is -2.10. The molecule has 3 aromatic heterocycles. The van der Waals surface area contributed by atoms with Gasteiger partial charge >= 0.3 is 0 Å². The number of imidazole rings is 1. The Kier molecular flexibility index (Phi) is 5.90. The Morgan fingerprint density at radius 2 is 1.55 bits per heavy atom. The van der Waals surface area contributed by atoms with Crippen LogP contribution in [0.3, 0.4) is 0 Å². The maximum atomic E-state index is 12.5. The molecule has 0 saturated heterocycles. The second-order valence-electron chi connectivity index (χ2n) is 6.87. The summed E-state index contributed by atoms with van der Waals surface area (Å²) < 4.78 is 2.06. The van der Waals surface area contributed by atoms with Crippen molar-refractivity contribution in [2.75, 3.05) is 5.32 Å². The van der Waals surface area contributed by atoms with Crippen molar-refractivity contribution >= 4 is 22.9 Å². The lowest BCUT2D eigenvalue weighted by atomic mass is 10.2. The molecule has 146 valence electrons. The summed E-state index contributed by atoms with van der Waals surface area (Å²) in [6.07, 6.45) is 6.30. The molecule has 0 bridgehead atoms. The van der Waals surface area contributed by atoms with Crippen molar-refractivity contribution in [3.63, 3.8) is 0 Å². The molecule has 0 saturated carbocycles. The average Bonchev–Trinajstić information content (AvgIpc) is 3.10. The van der Waals surface area contributed by atoms with E-state index >= 15 is 0 Å². The minimum Gasteiger partial charge on any atom is -0.310 e. The van der Waals surface area contributed by atoms with Crippen LogP contribution in [0.25, 0.3) is 11.0 Å². The highest BCUT2D eigenvalue weighted by atomic mass is 16.1. The number of hydrogen-bond acceptors (Lipinski definition) is 4. The van der Waals surface area contributed by atoms with Gasteiger partial charge in [-0.25, -0.2) is 4.98 Å². The third-order valence-electron chi connectivity index (χ3n) is 4.79. The summed E-state index contributed by atoms with van der Waals surface area (Å²) in [7, 11) is 0. The first-order valence-electron chi connectivity index (χ1n) is 9.84. The highest BCUT2D eigenvalue weighted by Crippen LogP contribution is 2.20. The Morgan fingerprint density at radius 3 is 2.28 bits per heavy atom. The van der Waals surface area contributed by atoms with Crippen LogP contribution in [-0.4, -0.2) is 25.4 Å². The van der Waals surface area contributed by atoms with Crippen molar-refractivity contribution < 1.29 is 4.79 Å². The molecule has 1 aromatic carbocycles. The van der Waals surface area contributed by atoms with Crippen molar-refractivity contribution in [2.24, 2.45) is 0 Å². The van der Waals surface area contributed by atoms with Crippen molar-refractivity contribution in [1.82, 2.24) is 19.5 Å². The fourth-order valence-electron chi connectivity index (χ4n) is 3.33. The van der Waals surface area contributed by atoms with Crippen LogP contribution in [0.15, 0.2) is 73.1 Å². The van der Waals surface area contributed by atoms with Crippen LogP contribution in [0.1, 0.15) is 24.2 Å². The molecule has 0 unspecified atom stereocenters. The van der Waals surface area contributed by atoms with Crippen LogP contribution in [0, 0.1) is 0 Å². The molecule has 1 amide bonds. The summed E-state index contributed by atoms with van der Waals surface area (Å²) in [4.78, 5) is 25.8. The lowest BCUT2D eigenvalue weighted by Crippen LogP contribution is -2.16. The number of carbonyl (C=O) groups is 1. The van der Waals surface area contributed by atoms with Crippen molar-refractivity contribution in [3.8, 4) is 0 Å². The summed E-state index contributed by atoms with van der Waals surface area (Å²) in [5, 5.41) is 2.99. The van der Waals surface area contributed by atoms with Crippen molar-refractivity contribution in [1.29, 1.82) is 0 Å². The molecule has 0 atom stereocenters. The minimum atomic E-state index is -0.0321. The molecule has 0 aliphatic heterocycles. The molecule has 3 heterocycles. The van der Waals surface area contributed by atoms with E-state index in [2.05, 4.69) is 24.8 Å². The zero-order valence-corrected chi connectivity index (χ0v) is 16.2. The molecular formula is C23H23N5O. The van der Waals surface area contributed by atoms with Gasteiger partial charge in [-0.1, -0.05) is 24.3 Å². The Morgan fingerprint density at radius 1 is 0.862 bits per heavy atom. The van der Waals surface area contributed by atoms with Gasteiger partial charge in [0.05, 0.1) is 11.0 Å². The second-order valence-corrected chi connectivity index (χ2v) is 6.87. The van der Waals surface area contributed by atoms with E-state index in [0.29, 0.717) is 18.9 Å². The molecule has 6 heteroatoms. The van der Waals surface area contributed by atoms with Gasteiger partial charge in [0.1, 0.15) is 0 Å². The summed E-state index contributed by atoms with van der Waals surface area (Å²) in [6.45, 7) is 0.696. The molecule has 4 rings (SSSR count). The number of nitrogens with zero attached hydrogens (tertiary/aromatic N) is 4. The molecule has 1 N–H and O–H groups in total. The number of benzene rings is 1. The fourth-order valence-corrected chi connectivity index (χ4v) is 3.33. The van der Waals surface area contributed by atoms with E-state index in [1.165, 1.54) is 0 Å². The predicted molar refractivity (Wildman–Crippen MR) is 113 cm³/mol. The van der Waals surface area contributed by atoms with Crippen LogP contribution in [0.2, 0.25) is 0 Å². The number of nitrogens with one attached hydrogen (secondary N) is 1. The summed E-state index contributed by atoms with van der Waals surface area (Å²) in [5.41, 5.74) is 3.89. The maximum absolute atomic E-state index is 12.5. The fraction of sp³-hybridized carbons (Fsp3) is 0.217. The Bertz CT molecular complexity index is 1080. The number of hydrogen-bond donors (Lipinski definition) is 1. The van der Waals surface area contributed by atoms with Crippen LogP contribution in [-0.2, 0) is 24.2 Å². The number of aryl methyl sites for hydroxylation is 3. The van der Waals surface area contributed by atoms with Gasteiger partial charge in [-0.2, -0.15) is 0 Å². The predicted octanol–water partition coefficient (Wildman–Crippen LogP) is 4.03. The van der Waals surface area contributed by atoms with Gasteiger partial charge < -0.3 is 4.57 Å². The number of fused-ring (bicyclic) bond motifs is 1. The average molecular weight is 385 g/mol. The topological polar surface area (TPSA) is 72.7 Å². The van der Waals surface area contributed by atoms with Gasteiger partial charge in [0, 0.05) is 43.2 Å². The molecular weight excluding hydrogens is 362 g/mol. The molecule has 4 aromatic rings. The van der Waals surface area contributed by atoms with Crippen LogP contribution >= 0.6 is 0 Å². The number of anilines is 1. The van der Waals surface area contributed by atoms with Gasteiger partial charge in [0.25, 0.3) is 0 Å². The Labute approximate surface area is 169 Å². The third-order valence-corrected chi connectivity index (χ3v) is 4.79. The van der Waals surface area contributed by atoms with Gasteiger partial charge in [-0.3, -0.25) is 20.1 Å². The first-order chi connectivity index (χ1) is 14.3. The number of rotatable bonds is 8. The van der Waals surface area contributed by atoms with Crippen LogP contribution < -0.4 is 5.32 Å². The van der Waals surface area contributed by atoms with Gasteiger partial charge in [-0.15, -0.1) is 0 Å². The number of carbonyl (C=O) groups excluding carboxylic acids is 1. The standard InChI is InChI=1S/C23H23N5O/c29-22(13-7-10-18-8-3-5-15-24-18)27-23-26-20-11-1-2-12-21(20)28(23)17-14-19-9-4-6-16-25-19/h1-6,8-9,11-12,15-16H,7,10,13-14,17H2,(H,26,27,29). The monoisotopic (exact) mass is 385 g/mol. The second kappa shape index (κ2) is 9.10. The Balaban J connectivity index is 1.43. The first kappa shape index (κ1) is 18.8. The number of para-hydroxylation sites is 2. The molecule has 0 aliphatic carbocycles. The third kappa shape index (κ3) is 4.85. The molecule has 29 heavy (non-hydrogen) atoms. The van der Waals surface area contributed by atoms with E-state index in [9.17, 15) is 4.79 Å². The highest BCUT2D eigenvalue weighted by molar-refractivity contribution is 5.91. The summed E-state index contributed by atoms with van der Waals surface area (Å²) in [5.74, 6) is 0.556. The van der Waals surface area contributed by atoms with E-state index in [1.54, 1.807) is 12.4 Å².